The molecule has 1 aliphatic carbocycles. The predicted octanol–water partition coefficient (Wildman–Crippen LogP) is 2.49. The standard InChI is InChI=1S/C10H12BrNO/c11-10-8(13)5-4-6-2-1-3-7(12)9(6)10/h4-5,7,13H,1-3,12H2/t7-/m1/s1. The van der Waals surface area contributed by atoms with Crippen molar-refractivity contribution in [3.8, 4) is 5.75 Å². The van der Waals surface area contributed by atoms with Crippen molar-refractivity contribution in [3.05, 3.63) is 27.7 Å². The fourth-order valence-corrected chi connectivity index (χ4v) is 2.58. The fourth-order valence-electron chi connectivity index (χ4n) is 1.90. The third-order valence-electron chi connectivity index (χ3n) is 2.58. The Kier molecular flexibility index (Phi) is 2.30. The second kappa shape index (κ2) is 3.31. The highest BCUT2D eigenvalue weighted by Gasteiger charge is 2.20. The first-order valence-corrected chi connectivity index (χ1v) is 5.25. The van der Waals surface area contributed by atoms with Gasteiger partial charge in [0.1, 0.15) is 5.75 Å². The van der Waals surface area contributed by atoms with Gasteiger partial charge in [0, 0.05) is 6.04 Å². The van der Waals surface area contributed by atoms with E-state index in [1.54, 1.807) is 6.07 Å². The summed E-state index contributed by atoms with van der Waals surface area (Å²) in [6, 6.07) is 3.76. The number of fused-ring (bicyclic) bond motifs is 1. The van der Waals surface area contributed by atoms with Crippen LogP contribution in [0.4, 0.5) is 0 Å². The Bertz CT molecular complexity index is 338. The average molecular weight is 242 g/mol. The van der Waals surface area contributed by atoms with Crippen LogP contribution in [0.25, 0.3) is 0 Å². The molecule has 70 valence electrons. The number of aromatic hydroxyl groups is 1. The van der Waals surface area contributed by atoms with E-state index >= 15 is 0 Å². The smallest absolute Gasteiger partial charge is 0.130 e. The van der Waals surface area contributed by atoms with Gasteiger partial charge in [-0.2, -0.15) is 0 Å². The number of phenolic OH excluding ortho intramolecular Hbond substituents is 1. The molecule has 0 unspecified atom stereocenters. The third-order valence-corrected chi connectivity index (χ3v) is 3.42. The molecule has 0 bridgehead atoms. The minimum absolute atomic E-state index is 0.0743. The van der Waals surface area contributed by atoms with Crippen molar-refractivity contribution >= 4 is 15.9 Å². The molecule has 2 rings (SSSR count). The molecule has 13 heavy (non-hydrogen) atoms. The van der Waals surface area contributed by atoms with Gasteiger partial charge < -0.3 is 10.8 Å². The second-order valence-electron chi connectivity index (χ2n) is 3.47. The van der Waals surface area contributed by atoms with Crippen LogP contribution in [0, 0.1) is 0 Å². The predicted molar refractivity (Wildman–Crippen MR) is 55.7 cm³/mol. The maximum atomic E-state index is 9.49. The van der Waals surface area contributed by atoms with Crippen LogP contribution >= 0.6 is 15.9 Å². The first-order chi connectivity index (χ1) is 6.20. The molecule has 0 aromatic heterocycles. The van der Waals surface area contributed by atoms with E-state index in [-0.39, 0.29) is 11.8 Å². The lowest BCUT2D eigenvalue weighted by Crippen LogP contribution is -2.17. The summed E-state index contributed by atoms with van der Waals surface area (Å²) in [5.74, 6) is 0.288. The number of benzene rings is 1. The topological polar surface area (TPSA) is 46.2 Å². The van der Waals surface area contributed by atoms with Crippen molar-refractivity contribution in [3.63, 3.8) is 0 Å². The molecule has 0 radical (unpaired) electrons. The number of hydrogen-bond acceptors (Lipinski definition) is 2. The van der Waals surface area contributed by atoms with Crippen molar-refractivity contribution in [2.45, 2.75) is 25.3 Å². The van der Waals surface area contributed by atoms with Gasteiger partial charge in [0.05, 0.1) is 4.47 Å². The molecule has 0 aliphatic heterocycles. The Morgan fingerprint density at radius 2 is 2.23 bits per heavy atom. The van der Waals surface area contributed by atoms with Crippen LogP contribution in [-0.2, 0) is 6.42 Å². The minimum Gasteiger partial charge on any atom is -0.507 e. The van der Waals surface area contributed by atoms with Crippen molar-refractivity contribution in [2.75, 3.05) is 0 Å². The summed E-state index contributed by atoms with van der Waals surface area (Å²) >= 11 is 3.38. The van der Waals surface area contributed by atoms with Crippen LogP contribution in [-0.4, -0.2) is 5.11 Å². The van der Waals surface area contributed by atoms with Crippen LogP contribution in [0.2, 0.25) is 0 Å². The number of rotatable bonds is 0. The van der Waals surface area contributed by atoms with Gasteiger partial charge in [0.2, 0.25) is 0 Å². The van der Waals surface area contributed by atoms with Gasteiger partial charge in [-0.15, -0.1) is 0 Å². The molecule has 0 amide bonds. The van der Waals surface area contributed by atoms with Crippen molar-refractivity contribution in [1.29, 1.82) is 0 Å². The Hall–Kier alpha value is -0.540. The normalized spacial score (nSPS) is 21.2. The SMILES string of the molecule is N[C@@H]1CCCc2ccc(O)c(Br)c21. The van der Waals surface area contributed by atoms with E-state index < -0.39 is 0 Å². The van der Waals surface area contributed by atoms with E-state index in [9.17, 15) is 5.11 Å². The zero-order valence-electron chi connectivity index (χ0n) is 7.26. The van der Waals surface area contributed by atoms with Crippen LogP contribution < -0.4 is 5.73 Å². The molecule has 0 saturated heterocycles. The molecule has 0 heterocycles. The van der Waals surface area contributed by atoms with Gasteiger partial charge in [-0.25, -0.2) is 0 Å². The van der Waals surface area contributed by atoms with Gasteiger partial charge in [0.15, 0.2) is 0 Å². The van der Waals surface area contributed by atoms with Crippen molar-refractivity contribution in [2.24, 2.45) is 5.73 Å². The lowest BCUT2D eigenvalue weighted by atomic mass is 9.88. The van der Waals surface area contributed by atoms with Crippen LogP contribution in [0.5, 0.6) is 5.75 Å². The van der Waals surface area contributed by atoms with E-state index in [1.807, 2.05) is 6.07 Å². The minimum atomic E-state index is 0.0743. The summed E-state index contributed by atoms with van der Waals surface area (Å²) in [5, 5.41) is 9.49. The van der Waals surface area contributed by atoms with Gasteiger partial charge in [-0.1, -0.05) is 6.07 Å². The monoisotopic (exact) mass is 241 g/mol. The average Bonchev–Trinajstić information content (AvgIpc) is 2.12. The highest BCUT2D eigenvalue weighted by atomic mass is 79.9. The first-order valence-electron chi connectivity index (χ1n) is 4.46. The Morgan fingerprint density at radius 3 is 3.00 bits per heavy atom. The zero-order chi connectivity index (χ0) is 9.42. The van der Waals surface area contributed by atoms with Crippen molar-refractivity contribution < 1.29 is 5.11 Å². The summed E-state index contributed by atoms with van der Waals surface area (Å²) in [7, 11) is 0. The summed E-state index contributed by atoms with van der Waals surface area (Å²) < 4.78 is 0.775. The molecule has 1 aromatic rings. The van der Waals surface area contributed by atoms with Gasteiger partial charge >= 0.3 is 0 Å². The maximum absolute atomic E-state index is 9.49. The number of phenols is 1. The number of nitrogens with two attached hydrogens (primary N) is 1. The molecule has 0 spiro atoms. The molecule has 1 atom stereocenters. The molecule has 3 N–H and O–H groups in total. The first kappa shape index (κ1) is 9.03. The molecule has 2 nitrogen and oxygen atoms in total. The number of aryl methyl sites for hydroxylation is 1. The van der Waals surface area contributed by atoms with E-state index in [2.05, 4.69) is 15.9 Å². The molecule has 0 fully saturated rings. The molecular weight excluding hydrogens is 230 g/mol. The van der Waals surface area contributed by atoms with Gasteiger partial charge in [-0.05, 0) is 52.4 Å². The molecule has 0 saturated carbocycles. The van der Waals surface area contributed by atoms with Crippen LogP contribution in [0.15, 0.2) is 16.6 Å². The molecule has 1 aromatic carbocycles. The molecular formula is C10H12BrNO. The third kappa shape index (κ3) is 1.46. The summed E-state index contributed by atoms with van der Waals surface area (Å²) in [5.41, 5.74) is 8.33. The maximum Gasteiger partial charge on any atom is 0.130 e. The zero-order valence-corrected chi connectivity index (χ0v) is 8.84. The summed E-state index contributed by atoms with van der Waals surface area (Å²) in [6.45, 7) is 0. The van der Waals surface area contributed by atoms with Crippen LogP contribution in [0.1, 0.15) is 30.0 Å². The van der Waals surface area contributed by atoms with Crippen molar-refractivity contribution in [1.82, 2.24) is 0 Å². The molecule has 3 heteroatoms. The largest absolute Gasteiger partial charge is 0.507 e. The highest BCUT2D eigenvalue weighted by molar-refractivity contribution is 9.10. The Balaban J connectivity index is 2.58. The van der Waals surface area contributed by atoms with E-state index in [0.29, 0.717) is 0 Å². The lowest BCUT2D eigenvalue weighted by molar-refractivity contribution is 0.466. The van der Waals surface area contributed by atoms with E-state index in [0.717, 1.165) is 29.3 Å². The lowest BCUT2D eigenvalue weighted by Gasteiger charge is -2.23. The Labute approximate surface area is 85.9 Å². The Morgan fingerprint density at radius 1 is 1.46 bits per heavy atom. The quantitative estimate of drug-likeness (QED) is 0.734. The highest BCUT2D eigenvalue weighted by Crippen LogP contribution is 2.38. The number of hydrogen-bond donors (Lipinski definition) is 2. The number of halogens is 1. The van der Waals surface area contributed by atoms with Crippen LogP contribution in [0.3, 0.4) is 0 Å². The summed E-state index contributed by atoms with van der Waals surface area (Å²) in [4.78, 5) is 0. The van der Waals surface area contributed by atoms with Gasteiger partial charge in [-0.3, -0.25) is 0 Å². The van der Waals surface area contributed by atoms with E-state index in [1.165, 1.54) is 5.56 Å². The van der Waals surface area contributed by atoms with Gasteiger partial charge in [0.25, 0.3) is 0 Å². The second-order valence-corrected chi connectivity index (χ2v) is 4.26. The summed E-state index contributed by atoms with van der Waals surface area (Å²) in [6.07, 6.45) is 3.22. The molecule has 1 aliphatic rings. The fraction of sp³-hybridized carbons (Fsp3) is 0.400. The van der Waals surface area contributed by atoms with E-state index in [4.69, 9.17) is 5.73 Å².